The van der Waals surface area contributed by atoms with Gasteiger partial charge < -0.3 is 9.47 Å². The molecule has 6 heteroatoms. The maximum absolute atomic E-state index is 5.63. The van der Waals surface area contributed by atoms with Gasteiger partial charge in [0, 0.05) is 0 Å². The maximum Gasteiger partial charge on any atom is 0.211 e. The van der Waals surface area contributed by atoms with Crippen LogP contribution in [0.15, 0.2) is 18.2 Å². The molecule has 0 bridgehead atoms. The Bertz CT molecular complexity index is 532. The third-order valence-electron chi connectivity index (χ3n) is 2.78. The van der Waals surface area contributed by atoms with E-state index in [4.69, 9.17) is 9.47 Å². The van der Waals surface area contributed by atoms with Crippen LogP contribution in [0.25, 0.3) is 0 Å². The van der Waals surface area contributed by atoms with Gasteiger partial charge in [-0.25, -0.2) is 0 Å². The molecule has 102 valence electrons. The molecule has 2 rings (SSSR count). The van der Waals surface area contributed by atoms with E-state index in [2.05, 4.69) is 41.4 Å². The second-order valence-corrected chi connectivity index (χ2v) is 5.23. The van der Waals surface area contributed by atoms with Crippen molar-refractivity contribution < 1.29 is 9.47 Å². The van der Waals surface area contributed by atoms with Crippen LogP contribution < -0.4 is 9.47 Å². The molecule has 0 radical (unpaired) electrons. The van der Waals surface area contributed by atoms with Crippen LogP contribution >= 0.6 is 0 Å². The molecule has 1 heterocycles. The molecule has 0 aliphatic carbocycles. The predicted octanol–water partition coefficient (Wildman–Crippen LogP) is 2.08. The van der Waals surface area contributed by atoms with Crippen molar-refractivity contribution in [2.45, 2.75) is 32.8 Å². The van der Waals surface area contributed by atoms with Gasteiger partial charge in [-0.2, -0.15) is 5.21 Å². The Labute approximate surface area is 112 Å². The molecule has 0 spiro atoms. The number of ether oxygens (including phenoxy) is 2. The second kappa shape index (κ2) is 5.26. The number of hydrogen-bond donors (Lipinski definition) is 1. The van der Waals surface area contributed by atoms with E-state index in [-0.39, 0.29) is 12.0 Å². The largest absolute Gasteiger partial charge is 0.493 e. The summed E-state index contributed by atoms with van der Waals surface area (Å²) in [6.07, 6.45) is 0. The summed E-state index contributed by atoms with van der Waals surface area (Å²) < 4.78 is 11.0. The molecular formula is C13H18N4O2. The molecule has 0 aliphatic heterocycles. The topological polar surface area (TPSA) is 72.9 Å². The maximum atomic E-state index is 5.63. The molecule has 19 heavy (non-hydrogen) atoms. The zero-order chi connectivity index (χ0) is 13.9. The number of H-pyrrole nitrogens is 1. The normalized spacial score (nSPS) is 11.4. The van der Waals surface area contributed by atoms with Crippen LogP contribution in [0.5, 0.6) is 11.5 Å². The van der Waals surface area contributed by atoms with Crippen molar-refractivity contribution >= 4 is 0 Å². The number of methoxy groups -OCH3 is 1. The van der Waals surface area contributed by atoms with Crippen molar-refractivity contribution in [2.24, 2.45) is 0 Å². The molecule has 0 aliphatic rings. The summed E-state index contributed by atoms with van der Waals surface area (Å²) >= 11 is 0. The fourth-order valence-electron chi connectivity index (χ4n) is 1.64. The predicted molar refractivity (Wildman–Crippen MR) is 70.2 cm³/mol. The summed E-state index contributed by atoms with van der Waals surface area (Å²) in [6.45, 7) is 6.71. The first kappa shape index (κ1) is 13.3. The summed E-state index contributed by atoms with van der Waals surface area (Å²) in [5.74, 6) is 1.87. The molecule has 0 saturated heterocycles. The zero-order valence-corrected chi connectivity index (χ0v) is 11.6. The first-order valence-corrected chi connectivity index (χ1v) is 6.04. The van der Waals surface area contributed by atoms with Gasteiger partial charge in [-0.15, -0.1) is 10.2 Å². The van der Waals surface area contributed by atoms with Gasteiger partial charge in [0.2, 0.25) is 5.82 Å². The Kier molecular flexibility index (Phi) is 3.69. The minimum absolute atomic E-state index is 0.0689. The van der Waals surface area contributed by atoms with E-state index in [0.717, 1.165) is 0 Å². The van der Waals surface area contributed by atoms with Gasteiger partial charge in [-0.05, 0) is 23.1 Å². The average Bonchev–Trinajstić information content (AvgIpc) is 2.88. The summed E-state index contributed by atoms with van der Waals surface area (Å²) in [5.41, 5.74) is 1.26. The number of nitrogens with zero attached hydrogens (tertiary/aromatic N) is 3. The van der Waals surface area contributed by atoms with Gasteiger partial charge in [0.15, 0.2) is 18.1 Å². The van der Waals surface area contributed by atoms with Crippen LogP contribution in [-0.2, 0) is 12.0 Å². The highest BCUT2D eigenvalue weighted by Gasteiger charge is 2.16. The summed E-state index contributed by atoms with van der Waals surface area (Å²) in [5, 5.41) is 13.5. The summed E-state index contributed by atoms with van der Waals surface area (Å²) in [7, 11) is 1.63. The van der Waals surface area contributed by atoms with E-state index in [1.807, 2.05) is 18.2 Å². The van der Waals surface area contributed by atoms with Gasteiger partial charge in [0.1, 0.15) is 0 Å². The fourth-order valence-corrected chi connectivity index (χ4v) is 1.64. The van der Waals surface area contributed by atoms with Crippen LogP contribution in [0.2, 0.25) is 0 Å². The standard InChI is InChI=1S/C13H18N4O2/c1-13(2,3)9-5-6-10(11(7-9)18-4)19-8-12-14-16-17-15-12/h5-7H,8H2,1-4H3,(H,14,15,16,17). The van der Waals surface area contributed by atoms with Crippen LogP contribution in [-0.4, -0.2) is 27.7 Å². The second-order valence-electron chi connectivity index (χ2n) is 5.23. The highest BCUT2D eigenvalue weighted by molar-refractivity contribution is 5.44. The van der Waals surface area contributed by atoms with Crippen molar-refractivity contribution in [1.82, 2.24) is 20.6 Å². The summed E-state index contributed by atoms with van der Waals surface area (Å²) in [6, 6.07) is 5.93. The third-order valence-corrected chi connectivity index (χ3v) is 2.78. The Morgan fingerprint density at radius 1 is 1.21 bits per heavy atom. The molecule has 0 amide bonds. The molecule has 6 nitrogen and oxygen atoms in total. The lowest BCUT2D eigenvalue weighted by Gasteiger charge is -2.20. The van der Waals surface area contributed by atoms with Crippen molar-refractivity contribution in [3.8, 4) is 11.5 Å². The van der Waals surface area contributed by atoms with Crippen molar-refractivity contribution in [2.75, 3.05) is 7.11 Å². The van der Waals surface area contributed by atoms with E-state index < -0.39 is 0 Å². The quantitative estimate of drug-likeness (QED) is 0.913. The van der Waals surface area contributed by atoms with E-state index >= 15 is 0 Å². The lowest BCUT2D eigenvalue weighted by Crippen LogP contribution is -2.11. The molecule has 1 aromatic carbocycles. The number of nitrogens with one attached hydrogen (secondary N) is 1. The number of rotatable bonds is 4. The molecule has 1 N–H and O–H groups in total. The lowest BCUT2D eigenvalue weighted by atomic mass is 9.87. The zero-order valence-electron chi connectivity index (χ0n) is 11.6. The van der Waals surface area contributed by atoms with E-state index in [9.17, 15) is 0 Å². The highest BCUT2D eigenvalue weighted by Crippen LogP contribution is 2.33. The molecule has 0 atom stereocenters. The van der Waals surface area contributed by atoms with Crippen molar-refractivity contribution in [3.05, 3.63) is 29.6 Å². The van der Waals surface area contributed by atoms with Gasteiger partial charge in [-0.3, -0.25) is 0 Å². The number of tetrazole rings is 1. The first-order valence-electron chi connectivity index (χ1n) is 6.04. The molecule has 0 unspecified atom stereocenters. The number of aromatic nitrogens is 4. The Hall–Kier alpha value is -2.11. The smallest absolute Gasteiger partial charge is 0.211 e. The average molecular weight is 262 g/mol. The molecule has 1 aromatic heterocycles. The van der Waals surface area contributed by atoms with Crippen molar-refractivity contribution in [1.29, 1.82) is 0 Å². The minimum Gasteiger partial charge on any atom is -0.493 e. The Morgan fingerprint density at radius 3 is 2.58 bits per heavy atom. The molecular weight excluding hydrogens is 244 g/mol. The van der Waals surface area contributed by atoms with Gasteiger partial charge in [0.25, 0.3) is 0 Å². The molecule has 2 aromatic rings. The van der Waals surface area contributed by atoms with Crippen molar-refractivity contribution in [3.63, 3.8) is 0 Å². The van der Waals surface area contributed by atoms with Crippen LogP contribution in [0.4, 0.5) is 0 Å². The molecule has 0 fully saturated rings. The lowest BCUT2D eigenvalue weighted by molar-refractivity contribution is 0.276. The Balaban J connectivity index is 2.16. The van der Waals surface area contributed by atoms with Gasteiger partial charge >= 0.3 is 0 Å². The van der Waals surface area contributed by atoms with Gasteiger partial charge in [-0.1, -0.05) is 32.1 Å². The van der Waals surface area contributed by atoms with E-state index in [0.29, 0.717) is 17.3 Å². The Morgan fingerprint density at radius 2 is 2.00 bits per heavy atom. The number of hydrogen-bond acceptors (Lipinski definition) is 5. The SMILES string of the molecule is COc1cc(C(C)(C)C)ccc1OCc1nn[nH]n1. The number of aromatic amines is 1. The van der Waals surface area contributed by atoms with Crippen LogP contribution in [0, 0.1) is 0 Å². The summed E-state index contributed by atoms with van der Waals surface area (Å²) in [4.78, 5) is 0. The van der Waals surface area contributed by atoms with E-state index in [1.54, 1.807) is 7.11 Å². The first-order chi connectivity index (χ1) is 9.00. The van der Waals surface area contributed by atoms with Crippen LogP contribution in [0.3, 0.4) is 0 Å². The van der Waals surface area contributed by atoms with Crippen LogP contribution in [0.1, 0.15) is 32.2 Å². The fraction of sp³-hybridized carbons (Fsp3) is 0.462. The third kappa shape index (κ3) is 3.21. The highest BCUT2D eigenvalue weighted by atomic mass is 16.5. The monoisotopic (exact) mass is 262 g/mol. The number of benzene rings is 1. The molecule has 0 saturated carbocycles. The minimum atomic E-state index is 0.0689. The van der Waals surface area contributed by atoms with E-state index in [1.165, 1.54) is 5.56 Å². The van der Waals surface area contributed by atoms with Gasteiger partial charge in [0.05, 0.1) is 7.11 Å².